The van der Waals surface area contributed by atoms with Crippen LogP contribution in [0, 0.1) is 0 Å². The molecule has 0 spiro atoms. The van der Waals surface area contributed by atoms with Crippen LogP contribution in [0.4, 0.5) is 0 Å². The Morgan fingerprint density at radius 3 is 2.00 bits per heavy atom. The van der Waals surface area contributed by atoms with Gasteiger partial charge in [0.05, 0.1) is 13.0 Å². The number of nitrogens with two attached hydrogens (primary N) is 3. The van der Waals surface area contributed by atoms with Crippen LogP contribution in [0.3, 0.4) is 0 Å². The predicted octanol–water partition coefficient (Wildman–Crippen LogP) is -3.04. The molecule has 12 N–H and O–H groups in total. The molecule has 3 atom stereocenters. The average Bonchev–Trinajstić information content (AvgIpc) is 2.80. The highest BCUT2D eigenvalue weighted by Gasteiger charge is 2.31. The highest BCUT2D eigenvalue weighted by molar-refractivity contribution is 5.95. The van der Waals surface area contributed by atoms with Crippen molar-refractivity contribution in [1.82, 2.24) is 16.0 Å². The molecule has 3 amide bonds. The Morgan fingerprint density at radius 2 is 1.47 bits per heavy atom. The van der Waals surface area contributed by atoms with Crippen LogP contribution in [0.25, 0.3) is 0 Å². The Bertz CT molecular complexity index is 964. The third kappa shape index (κ3) is 11.1. The molecule has 198 valence electrons. The van der Waals surface area contributed by atoms with Crippen LogP contribution in [-0.2, 0) is 30.4 Å². The first-order valence-electron chi connectivity index (χ1n) is 10.8. The van der Waals surface area contributed by atoms with Gasteiger partial charge in [-0.15, -0.1) is 0 Å². The van der Waals surface area contributed by atoms with Gasteiger partial charge in [-0.3, -0.25) is 24.2 Å². The fraction of sp³-hybridized carbons (Fsp3) is 0.429. The number of aliphatic carboxylic acids is 2. The molecule has 0 aliphatic rings. The van der Waals surface area contributed by atoms with E-state index in [0.29, 0.717) is 5.56 Å². The van der Waals surface area contributed by atoms with Gasteiger partial charge >= 0.3 is 11.9 Å². The Labute approximate surface area is 206 Å². The number of aliphatic imine (C=N–C) groups is 1. The van der Waals surface area contributed by atoms with Gasteiger partial charge in [0.15, 0.2) is 5.96 Å². The van der Waals surface area contributed by atoms with E-state index in [1.165, 1.54) is 24.3 Å². The molecule has 1 aromatic rings. The summed E-state index contributed by atoms with van der Waals surface area (Å²) in [6.45, 7) is -0.324. The number of nitrogens with zero attached hydrogens (tertiary/aromatic N) is 1. The summed E-state index contributed by atoms with van der Waals surface area (Å²) in [5.41, 5.74) is 16.2. The zero-order chi connectivity index (χ0) is 27.3. The fourth-order valence-electron chi connectivity index (χ4n) is 3.02. The van der Waals surface area contributed by atoms with Crippen LogP contribution in [-0.4, -0.2) is 82.2 Å². The van der Waals surface area contributed by atoms with Crippen molar-refractivity contribution in [2.75, 3.05) is 13.1 Å². The summed E-state index contributed by atoms with van der Waals surface area (Å²) in [5.74, 6) is -5.64. The third-order valence-corrected chi connectivity index (χ3v) is 4.78. The summed E-state index contributed by atoms with van der Waals surface area (Å²) < 4.78 is 0. The summed E-state index contributed by atoms with van der Waals surface area (Å²) in [4.78, 5) is 64.0. The molecule has 15 nitrogen and oxygen atoms in total. The lowest BCUT2D eigenvalue weighted by Gasteiger charge is -2.24. The normalized spacial score (nSPS) is 12.9. The summed E-state index contributed by atoms with van der Waals surface area (Å²) in [7, 11) is 0. The maximum atomic E-state index is 12.9. The van der Waals surface area contributed by atoms with E-state index < -0.39 is 60.8 Å². The second-order valence-electron chi connectivity index (χ2n) is 7.70. The number of carboxylic acids is 2. The number of rotatable bonds is 15. The van der Waals surface area contributed by atoms with E-state index in [-0.39, 0.29) is 37.5 Å². The molecule has 1 aromatic carbocycles. The van der Waals surface area contributed by atoms with Gasteiger partial charge in [-0.25, -0.2) is 4.79 Å². The quantitative estimate of drug-likeness (QED) is 0.0651. The fourth-order valence-corrected chi connectivity index (χ4v) is 3.02. The minimum Gasteiger partial charge on any atom is -0.508 e. The molecule has 0 aromatic heterocycles. The number of phenols is 1. The van der Waals surface area contributed by atoms with Crippen LogP contribution in [0.2, 0.25) is 0 Å². The second-order valence-corrected chi connectivity index (χ2v) is 7.70. The van der Waals surface area contributed by atoms with E-state index in [4.69, 9.17) is 17.2 Å². The number of carbonyl (C=O) groups is 5. The van der Waals surface area contributed by atoms with Crippen LogP contribution in [0.1, 0.15) is 24.8 Å². The lowest BCUT2D eigenvalue weighted by molar-refractivity contribution is -0.143. The molecule has 3 unspecified atom stereocenters. The van der Waals surface area contributed by atoms with Gasteiger partial charge in [-0.05, 0) is 30.5 Å². The lowest BCUT2D eigenvalue weighted by atomic mass is 10.0. The minimum absolute atomic E-state index is 0.0183. The van der Waals surface area contributed by atoms with Gasteiger partial charge in [-0.1, -0.05) is 12.1 Å². The highest BCUT2D eigenvalue weighted by Crippen LogP contribution is 2.12. The van der Waals surface area contributed by atoms with Gasteiger partial charge in [0.25, 0.3) is 0 Å². The number of nitrogens with one attached hydrogen (secondary N) is 3. The third-order valence-electron chi connectivity index (χ3n) is 4.78. The van der Waals surface area contributed by atoms with Gasteiger partial charge in [-0.2, -0.15) is 0 Å². The van der Waals surface area contributed by atoms with E-state index in [0.717, 1.165) is 0 Å². The van der Waals surface area contributed by atoms with Crippen LogP contribution in [0.5, 0.6) is 5.75 Å². The van der Waals surface area contributed by atoms with Gasteiger partial charge in [0, 0.05) is 13.0 Å². The first-order chi connectivity index (χ1) is 16.9. The maximum absolute atomic E-state index is 12.9. The van der Waals surface area contributed by atoms with E-state index in [1.807, 2.05) is 0 Å². The van der Waals surface area contributed by atoms with E-state index >= 15 is 0 Å². The molecular weight excluding hydrogens is 478 g/mol. The van der Waals surface area contributed by atoms with Crippen molar-refractivity contribution in [1.29, 1.82) is 0 Å². The first kappa shape index (κ1) is 29.6. The predicted molar refractivity (Wildman–Crippen MR) is 126 cm³/mol. The smallest absolute Gasteiger partial charge is 0.326 e. The van der Waals surface area contributed by atoms with Crippen LogP contribution >= 0.6 is 0 Å². The molecular formula is C21H31N7O8. The lowest BCUT2D eigenvalue weighted by Crippen LogP contribution is -2.57. The molecule has 0 saturated heterocycles. The summed E-state index contributed by atoms with van der Waals surface area (Å²) in [5, 5.41) is 34.9. The number of hydrogen-bond acceptors (Lipinski definition) is 8. The number of phenolic OH excluding ortho intramolecular Hbond substituents is 1. The van der Waals surface area contributed by atoms with Crippen molar-refractivity contribution in [3.8, 4) is 5.75 Å². The van der Waals surface area contributed by atoms with Crippen molar-refractivity contribution in [2.45, 2.75) is 43.8 Å². The first-order valence-corrected chi connectivity index (χ1v) is 10.8. The monoisotopic (exact) mass is 509 g/mol. The van der Waals surface area contributed by atoms with E-state index in [1.54, 1.807) is 0 Å². The Hall–Kier alpha value is -4.40. The SMILES string of the molecule is NCC(=O)NC(Cc1ccc(O)cc1)C(=O)NC(CC(=O)O)C(=O)NC(CCCN=C(N)N)C(=O)O. The number of hydrogen-bond donors (Lipinski definition) is 9. The Balaban J connectivity index is 2.99. The number of carboxylic acid groups (broad SMARTS) is 2. The standard InChI is InChI=1S/C21H31N7O8/c22-10-16(30)26-14(8-11-3-5-12(29)6-4-11)18(33)28-15(9-17(31)32)19(34)27-13(20(35)36)2-1-7-25-21(23)24/h3-6,13-15,29H,1-2,7-10,22H2,(H,26,30)(H,27,34)(H,28,33)(H,31,32)(H,35,36)(H4,23,24,25). The summed E-state index contributed by atoms with van der Waals surface area (Å²) >= 11 is 0. The zero-order valence-electron chi connectivity index (χ0n) is 19.3. The van der Waals surface area contributed by atoms with Crippen molar-refractivity contribution in [3.63, 3.8) is 0 Å². The molecule has 0 bridgehead atoms. The molecule has 15 heteroatoms. The molecule has 0 heterocycles. The highest BCUT2D eigenvalue weighted by atomic mass is 16.4. The van der Waals surface area contributed by atoms with Crippen LogP contribution in [0.15, 0.2) is 29.3 Å². The van der Waals surface area contributed by atoms with Crippen molar-refractivity contribution in [2.24, 2.45) is 22.2 Å². The van der Waals surface area contributed by atoms with Crippen molar-refractivity contribution in [3.05, 3.63) is 29.8 Å². The topological polar surface area (TPSA) is 273 Å². The number of guanidine groups is 1. The zero-order valence-corrected chi connectivity index (χ0v) is 19.3. The van der Waals surface area contributed by atoms with Crippen LogP contribution < -0.4 is 33.2 Å². The molecule has 0 aliphatic carbocycles. The minimum atomic E-state index is -1.65. The van der Waals surface area contributed by atoms with Gasteiger partial charge < -0.3 is 48.5 Å². The van der Waals surface area contributed by atoms with E-state index in [2.05, 4.69) is 20.9 Å². The second kappa shape index (κ2) is 14.8. The molecule has 0 fully saturated rings. The number of carbonyl (C=O) groups excluding carboxylic acids is 3. The summed E-state index contributed by atoms with van der Waals surface area (Å²) in [6.07, 6.45) is -0.789. The number of aromatic hydroxyl groups is 1. The van der Waals surface area contributed by atoms with Crippen molar-refractivity contribution >= 4 is 35.6 Å². The van der Waals surface area contributed by atoms with Crippen molar-refractivity contribution < 1.29 is 39.3 Å². The summed E-state index contributed by atoms with van der Waals surface area (Å²) in [6, 6.07) is 1.46. The largest absolute Gasteiger partial charge is 0.508 e. The number of amides is 3. The molecule has 36 heavy (non-hydrogen) atoms. The molecule has 0 saturated carbocycles. The number of benzene rings is 1. The molecule has 1 rings (SSSR count). The van der Waals surface area contributed by atoms with E-state index in [9.17, 15) is 39.3 Å². The maximum Gasteiger partial charge on any atom is 0.326 e. The molecule has 0 radical (unpaired) electrons. The van der Waals surface area contributed by atoms with Gasteiger partial charge in [0.1, 0.15) is 23.9 Å². The van der Waals surface area contributed by atoms with Gasteiger partial charge in [0.2, 0.25) is 17.7 Å². The molecule has 0 aliphatic heterocycles. The average molecular weight is 510 g/mol. The Morgan fingerprint density at radius 1 is 0.889 bits per heavy atom. The Kier molecular flexibility index (Phi) is 12.2.